The summed E-state index contributed by atoms with van der Waals surface area (Å²) in [5, 5.41) is 7.43. The van der Waals surface area contributed by atoms with Crippen molar-refractivity contribution < 1.29 is 4.79 Å². The molecular formula is C25H35N5O. The molecule has 6 nitrogen and oxygen atoms in total. The molecule has 0 bridgehead atoms. The largest absolute Gasteiger partial charge is 0.383 e. The van der Waals surface area contributed by atoms with Gasteiger partial charge in [0, 0.05) is 31.2 Å². The molecule has 2 fully saturated rings. The third kappa shape index (κ3) is 4.54. The van der Waals surface area contributed by atoms with E-state index in [1.807, 2.05) is 4.68 Å². The Morgan fingerprint density at radius 1 is 1.26 bits per heavy atom. The minimum atomic E-state index is -0.202. The highest BCUT2D eigenvalue weighted by atomic mass is 16.1. The standard InChI is InChI=1S/C25H35N5O/c1-16-9-10-20(17(2)11-16)14-29-13-18(3)23(15-29)19(4)28-25(31)22-12-27-30(24(22)26)21-7-5-6-8-21/h9-12,18,21,23H,4-8,13-15,26H2,1-3H3,(H,28,31)/t18-,23-/m1/s1. The van der Waals surface area contributed by atoms with Gasteiger partial charge in [0.25, 0.3) is 5.91 Å². The molecule has 3 N–H and O–H groups in total. The van der Waals surface area contributed by atoms with Crippen LogP contribution < -0.4 is 11.1 Å². The highest BCUT2D eigenvalue weighted by molar-refractivity contribution is 5.99. The van der Waals surface area contributed by atoms with Crippen LogP contribution in [0.5, 0.6) is 0 Å². The molecule has 1 aromatic carbocycles. The van der Waals surface area contributed by atoms with Gasteiger partial charge in [0.05, 0.1) is 12.2 Å². The first kappa shape index (κ1) is 21.6. The normalized spacial score (nSPS) is 22.2. The third-order valence-electron chi connectivity index (χ3n) is 7.05. The van der Waals surface area contributed by atoms with Gasteiger partial charge in [-0.25, -0.2) is 4.68 Å². The van der Waals surface area contributed by atoms with E-state index in [1.54, 1.807) is 6.20 Å². The molecule has 0 radical (unpaired) electrons. The number of nitrogens with two attached hydrogens (primary N) is 1. The van der Waals surface area contributed by atoms with E-state index < -0.39 is 0 Å². The van der Waals surface area contributed by atoms with Crippen molar-refractivity contribution in [1.29, 1.82) is 0 Å². The monoisotopic (exact) mass is 421 g/mol. The van der Waals surface area contributed by atoms with Gasteiger partial charge < -0.3 is 11.1 Å². The van der Waals surface area contributed by atoms with Gasteiger partial charge in [0.2, 0.25) is 0 Å². The SMILES string of the molecule is C=C(NC(=O)c1cnn(C2CCCC2)c1N)[C@@H]1CN(Cc2ccc(C)cc2C)C[C@H]1C. The number of anilines is 1. The van der Waals surface area contributed by atoms with E-state index in [0.29, 0.717) is 23.3 Å². The smallest absolute Gasteiger partial charge is 0.260 e. The van der Waals surface area contributed by atoms with Crippen LogP contribution in [0.2, 0.25) is 0 Å². The van der Waals surface area contributed by atoms with Crippen molar-refractivity contribution in [3.05, 3.63) is 58.9 Å². The number of likely N-dealkylation sites (tertiary alicyclic amines) is 1. The zero-order valence-electron chi connectivity index (χ0n) is 19.0. The van der Waals surface area contributed by atoms with E-state index in [4.69, 9.17) is 5.73 Å². The van der Waals surface area contributed by atoms with E-state index in [1.165, 1.54) is 29.5 Å². The van der Waals surface area contributed by atoms with Crippen molar-refractivity contribution in [1.82, 2.24) is 20.0 Å². The predicted molar refractivity (Wildman–Crippen MR) is 125 cm³/mol. The number of nitrogens with one attached hydrogen (secondary N) is 1. The van der Waals surface area contributed by atoms with Gasteiger partial charge in [0.1, 0.15) is 11.4 Å². The zero-order chi connectivity index (χ0) is 22.1. The second kappa shape index (κ2) is 8.87. The Morgan fingerprint density at radius 3 is 2.71 bits per heavy atom. The molecule has 1 aliphatic carbocycles. The molecule has 31 heavy (non-hydrogen) atoms. The van der Waals surface area contributed by atoms with E-state index in [0.717, 1.165) is 38.2 Å². The number of nitrogens with zero attached hydrogens (tertiary/aromatic N) is 3. The van der Waals surface area contributed by atoms with Gasteiger partial charge in [0.15, 0.2) is 0 Å². The number of aromatic nitrogens is 2. The molecule has 0 spiro atoms. The summed E-state index contributed by atoms with van der Waals surface area (Å²) in [4.78, 5) is 15.4. The lowest BCUT2D eigenvalue weighted by Crippen LogP contribution is -2.30. The maximum absolute atomic E-state index is 12.9. The van der Waals surface area contributed by atoms with Crippen molar-refractivity contribution in [3.8, 4) is 0 Å². The average Bonchev–Trinajstić information content (AvgIpc) is 3.44. The van der Waals surface area contributed by atoms with E-state index in [-0.39, 0.29) is 11.8 Å². The van der Waals surface area contributed by atoms with Crippen LogP contribution in [0.25, 0.3) is 0 Å². The summed E-state index contributed by atoms with van der Waals surface area (Å²) in [5.41, 5.74) is 11.5. The van der Waals surface area contributed by atoms with Crippen LogP contribution in [0, 0.1) is 25.7 Å². The van der Waals surface area contributed by atoms with Crippen molar-refractivity contribution in [2.45, 2.75) is 59.0 Å². The topological polar surface area (TPSA) is 76.2 Å². The molecule has 2 atom stereocenters. The number of amides is 1. The van der Waals surface area contributed by atoms with Gasteiger partial charge in [-0.3, -0.25) is 9.69 Å². The molecule has 0 unspecified atom stereocenters. The minimum Gasteiger partial charge on any atom is -0.383 e. The molecule has 1 aliphatic heterocycles. The van der Waals surface area contributed by atoms with Gasteiger partial charge in [-0.15, -0.1) is 0 Å². The number of carbonyl (C=O) groups is 1. The van der Waals surface area contributed by atoms with Crippen molar-refractivity contribution in [3.63, 3.8) is 0 Å². The third-order valence-corrected chi connectivity index (χ3v) is 7.05. The molecule has 1 aromatic heterocycles. The Bertz CT molecular complexity index is 972. The van der Waals surface area contributed by atoms with Gasteiger partial charge in [-0.2, -0.15) is 5.10 Å². The molecule has 4 rings (SSSR count). The van der Waals surface area contributed by atoms with E-state index in [9.17, 15) is 4.79 Å². The summed E-state index contributed by atoms with van der Waals surface area (Å²) in [5.74, 6) is 0.915. The maximum atomic E-state index is 12.9. The van der Waals surface area contributed by atoms with Crippen LogP contribution in [-0.4, -0.2) is 33.7 Å². The molecule has 2 aliphatic rings. The summed E-state index contributed by atoms with van der Waals surface area (Å²) < 4.78 is 1.83. The molecule has 2 aromatic rings. The Balaban J connectivity index is 1.37. The quantitative estimate of drug-likeness (QED) is 0.733. The average molecular weight is 422 g/mol. The Morgan fingerprint density at radius 2 is 2.00 bits per heavy atom. The molecule has 2 heterocycles. The number of aryl methyl sites for hydroxylation is 2. The summed E-state index contributed by atoms with van der Waals surface area (Å²) in [6.07, 6.45) is 6.15. The van der Waals surface area contributed by atoms with E-state index >= 15 is 0 Å². The summed E-state index contributed by atoms with van der Waals surface area (Å²) in [6.45, 7) is 13.6. The number of nitrogen functional groups attached to an aromatic ring is 1. The molecule has 1 saturated carbocycles. The first-order chi connectivity index (χ1) is 14.8. The maximum Gasteiger partial charge on any atom is 0.260 e. The fraction of sp³-hybridized carbons (Fsp3) is 0.520. The summed E-state index contributed by atoms with van der Waals surface area (Å²) in [6, 6.07) is 6.96. The first-order valence-corrected chi connectivity index (χ1v) is 11.4. The van der Waals surface area contributed by atoms with Crippen molar-refractivity contribution in [2.24, 2.45) is 11.8 Å². The molecular weight excluding hydrogens is 386 g/mol. The predicted octanol–water partition coefficient (Wildman–Crippen LogP) is 4.21. The van der Waals surface area contributed by atoms with Crippen LogP contribution in [0.15, 0.2) is 36.7 Å². The zero-order valence-corrected chi connectivity index (χ0v) is 19.0. The fourth-order valence-electron chi connectivity index (χ4n) is 5.21. The van der Waals surface area contributed by atoms with Crippen molar-refractivity contribution >= 4 is 11.7 Å². The second-order valence-electron chi connectivity index (χ2n) is 9.51. The first-order valence-electron chi connectivity index (χ1n) is 11.4. The summed E-state index contributed by atoms with van der Waals surface area (Å²) >= 11 is 0. The number of rotatable bonds is 6. The van der Waals surface area contributed by atoms with Crippen LogP contribution in [0.4, 0.5) is 5.82 Å². The Hall–Kier alpha value is -2.60. The number of hydrogen-bond acceptors (Lipinski definition) is 4. The lowest BCUT2D eigenvalue weighted by Gasteiger charge is -2.19. The van der Waals surface area contributed by atoms with Crippen LogP contribution in [0.1, 0.15) is 65.7 Å². The lowest BCUT2D eigenvalue weighted by molar-refractivity contribution is 0.0961. The number of benzene rings is 1. The Labute approximate surface area is 185 Å². The highest BCUT2D eigenvalue weighted by Crippen LogP contribution is 2.32. The van der Waals surface area contributed by atoms with Crippen LogP contribution in [0.3, 0.4) is 0 Å². The van der Waals surface area contributed by atoms with Gasteiger partial charge in [-0.1, -0.05) is 50.1 Å². The second-order valence-corrected chi connectivity index (χ2v) is 9.51. The molecule has 166 valence electrons. The van der Waals surface area contributed by atoms with Gasteiger partial charge >= 0.3 is 0 Å². The van der Waals surface area contributed by atoms with Crippen LogP contribution in [-0.2, 0) is 6.54 Å². The minimum absolute atomic E-state index is 0.202. The van der Waals surface area contributed by atoms with Crippen molar-refractivity contribution in [2.75, 3.05) is 18.8 Å². The number of hydrogen-bond donors (Lipinski definition) is 2. The fourth-order valence-corrected chi connectivity index (χ4v) is 5.21. The molecule has 6 heteroatoms. The van der Waals surface area contributed by atoms with E-state index in [2.05, 4.69) is 60.9 Å². The highest BCUT2D eigenvalue weighted by Gasteiger charge is 2.33. The number of carbonyl (C=O) groups excluding carboxylic acids is 1. The lowest BCUT2D eigenvalue weighted by atomic mass is 9.95. The Kier molecular flexibility index (Phi) is 6.19. The molecule has 1 saturated heterocycles. The van der Waals surface area contributed by atoms with Crippen LogP contribution >= 0.6 is 0 Å². The van der Waals surface area contributed by atoms with Gasteiger partial charge in [-0.05, 0) is 43.7 Å². The molecule has 1 amide bonds. The summed E-state index contributed by atoms with van der Waals surface area (Å²) in [7, 11) is 0.